The van der Waals surface area contributed by atoms with Crippen molar-refractivity contribution >= 4 is 10.9 Å². The molecule has 3 rings (SSSR count). The summed E-state index contributed by atoms with van der Waals surface area (Å²) in [4.78, 5) is 16.9. The van der Waals surface area contributed by atoms with Gasteiger partial charge < -0.3 is 4.98 Å². The predicted molar refractivity (Wildman–Crippen MR) is 68.8 cm³/mol. The highest BCUT2D eigenvalue weighted by Crippen LogP contribution is 2.05. The van der Waals surface area contributed by atoms with E-state index >= 15 is 0 Å². The van der Waals surface area contributed by atoms with E-state index in [-0.39, 0.29) is 5.69 Å². The highest BCUT2D eigenvalue weighted by molar-refractivity contribution is 5.76. The fourth-order valence-corrected chi connectivity index (χ4v) is 1.38. The number of benzene rings is 2. The van der Waals surface area contributed by atoms with Crippen LogP contribution in [0.25, 0.3) is 10.9 Å². The molecule has 1 aromatic heterocycles. The average molecular weight is 224 g/mol. The van der Waals surface area contributed by atoms with Gasteiger partial charge in [-0.25, -0.2) is 9.78 Å². The summed E-state index contributed by atoms with van der Waals surface area (Å²) in [6.07, 6.45) is 1.56. The fraction of sp³-hybridized carbons (Fsp3) is 0. The van der Waals surface area contributed by atoms with Crippen molar-refractivity contribution in [2.45, 2.75) is 0 Å². The van der Waals surface area contributed by atoms with Crippen LogP contribution >= 0.6 is 0 Å². The Bertz CT molecular complexity index is 605. The predicted octanol–water partition coefficient (Wildman–Crippen LogP) is 2.61. The van der Waals surface area contributed by atoms with Gasteiger partial charge in [-0.3, -0.25) is 0 Å². The van der Waals surface area contributed by atoms with Gasteiger partial charge in [0.05, 0.1) is 5.52 Å². The third kappa shape index (κ3) is 3.28. The van der Waals surface area contributed by atoms with E-state index in [1.807, 2.05) is 60.7 Å². The van der Waals surface area contributed by atoms with Gasteiger partial charge in [-0.05, 0) is 6.07 Å². The molecule has 3 heteroatoms. The molecule has 3 aromatic rings. The summed E-state index contributed by atoms with van der Waals surface area (Å²) in [5, 5.41) is 0.951. The molecule has 0 saturated heterocycles. The number of aromatic amines is 1. The maximum absolute atomic E-state index is 10.7. The number of para-hydroxylation sites is 1. The van der Waals surface area contributed by atoms with Crippen LogP contribution in [0.4, 0.5) is 0 Å². The van der Waals surface area contributed by atoms with Crippen molar-refractivity contribution in [3.8, 4) is 0 Å². The highest BCUT2D eigenvalue weighted by atomic mass is 16.1. The number of nitrogens with zero attached hydrogens (tertiary/aromatic N) is 1. The quantitative estimate of drug-likeness (QED) is 0.638. The molecule has 3 nitrogen and oxygen atoms in total. The molecule has 0 aliphatic carbocycles. The minimum absolute atomic E-state index is 0.302. The molecule has 0 unspecified atom stereocenters. The zero-order valence-electron chi connectivity index (χ0n) is 9.21. The second-order valence-electron chi connectivity index (χ2n) is 3.43. The van der Waals surface area contributed by atoms with Crippen LogP contribution in [0.15, 0.2) is 71.7 Å². The number of H-pyrrole nitrogens is 1. The smallest absolute Gasteiger partial charge is 0.305 e. The van der Waals surface area contributed by atoms with E-state index in [0.717, 1.165) is 10.9 Å². The van der Waals surface area contributed by atoms with Crippen LogP contribution in [-0.2, 0) is 0 Å². The molecule has 17 heavy (non-hydrogen) atoms. The molecule has 0 spiro atoms. The first-order chi connectivity index (χ1) is 8.36. The zero-order chi connectivity index (χ0) is 11.9. The van der Waals surface area contributed by atoms with Crippen LogP contribution in [0.3, 0.4) is 0 Å². The highest BCUT2D eigenvalue weighted by Gasteiger charge is 1.90. The Hall–Kier alpha value is -2.42. The lowest BCUT2D eigenvalue weighted by atomic mass is 10.2. The van der Waals surface area contributed by atoms with Crippen molar-refractivity contribution in [1.82, 2.24) is 9.97 Å². The van der Waals surface area contributed by atoms with E-state index in [1.165, 1.54) is 0 Å². The van der Waals surface area contributed by atoms with E-state index in [1.54, 1.807) is 6.20 Å². The van der Waals surface area contributed by atoms with Crippen molar-refractivity contribution < 1.29 is 0 Å². The first kappa shape index (κ1) is 11.1. The van der Waals surface area contributed by atoms with Gasteiger partial charge in [0.15, 0.2) is 0 Å². The van der Waals surface area contributed by atoms with Gasteiger partial charge in [-0.15, -0.1) is 0 Å². The Morgan fingerprint density at radius 2 is 1.41 bits per heavy atom. The largest absolute Gasteiger partial charge is 0.345 e. The molecule has 0 aliphatic heterocycles. The Balaban J connectivity index is 0.000000153. The maximum Gasteiger partial charge on any atom is 0.345 e. The first-order valence-electron chi connectivity index (χ1n) is 5.30. The summed E-state index contributed by atoms with van der Waals surface area (Å²) in [6, 6.07) is 19.5. The summed E-state index contributed by atoms with van der Waals surface area (Å²) in [5.74, 6) is 0. The van der Waals surface area contributed by atoms with Crippen LogP contribution in [0.1, 0.15) is 0 Å². The van der Waals surface area contributed by atoms with Crippen LogP contribution in [-0.4, -0.2) is 9.97 Å². The molecule has 0 bridgehead atoms. The lowest BCUT2D eigenvalue weighted by Gasteiger charge is -1.92. The van der Waals surface area contributed by atoms with Gasteiger partial charge in [0, 0.05) is 11.6 Å². The number of rotatable bonds is 0. The molecule has 0 aliphatic rings. The maximum atomic E-state index is 10.7. The Morgan fingerprint density at radius 3 is 2.06 bits per heavy atom. The van der Waals surface area contributed by atoms with Gasteiger partial charge in [0.25, 0.3) is 0 Å². The number of hydrogen-bond donors (Lipinski definition) is 1. The van der Waals surface area contributed by atoms with E-state index in [2.05, 4.69) is 9.97 Å². The molecule has 0 atom stereocenters. The third-order valence-corrected chi connectivity index (χ3v) is 2.19. The fourth-order valence-electron chi connectivity index (χ4n) is 1.38. The monoisotopic (exact) mass is 224 g/mol. The molecule has 0 fully saturated rings. The first-order valence-corrected chi connectivity index (χ1v) is 5.30. The lowest BCUT2D eigenvalue weighted by Crippen LogP contribution is -2.07. The minimum Gasteiger partial charge on any atom is -0.305 e. The summed E-state index contributed by atoms with van der Waals surface area (Å²) in [7, 11) is 0. The summed E-state index contributed by atoms with van der Waals surface area (Å²) in [6.45, 7) is 0. The van der Waals surface area contributed by atoms with E-state index in [4.69, 9.17) is 0 Å². The Kier molecular flexibility index (Phi) is 3.65. The SMILES string of the molecule is O=c1ncc2ccccc2[nH]1.c1ccccc1. The van der Waals surface area contributed by atoms with Crippen molar-refractivity contribution in [3.05, 3.63) is 77.3 Å². The van der Waals surface area contributed by atoms with Crippen LogP contribution < -0.4 is 5.69 Å². The third-order valence-electron chi connectivity index (χ3n) is 2.19. The van der Waals surface area contributed by atoms with Crippen molar-refractivity contribution in [3.63, 3.8) is 0 Å². The van der Waals surface area contributed by atoms with E-state index in [9.17, 15) is 4.79 Å². The summed E-state index contributed by atoms with van der Waals surface area (Å²) in [5.41, 5.74) is 0.524. The molecule has 0 amide bonds. The van der Waals surface area contributed by atoms with Crippen LogP contribution in [0, 0.1) is 0 Å². The molecule has 0 radical (unpaired) electrons. The number of aromatic nitrogens is 2. The van der Waals surface area contributed by atoms with Gasteiger partial charge in [0.2, 0.25) is 0 Å². The lowest BCUT2D eigenvalue weighted by molar-refractivity contribution is 1.12. The normalized spacial score (nSPS) is 9.41. The van der Waals surface area contributed by atoms with E-state index in [0.29, 0.717) is 0 Å². The number of nitrogens with one attached hydrogen (secondary N) is 1. The second kappa shape index (κ2) is 5.61. The Morgan fingerprint density at radius 1 is 0.824 bits per heavy atom. The molecule has 1 N–H and O–H groups in total. The number of hydrogen-bond acceptors (Lipinski definition) is 2. The van der Waals surface area contributed by atoms with Gasteiger partial charge in [0.1, 0.15) is 0 Å². The van der Waals surface area contributed by atoms with Gasteiger partial charge in [-0.1, -0.05) is 54.6 Å². The molecular weight excluding hydrogens is 212 g/mol. The van der Waals surface area contributed by atoms with Crippen molar-refractivity contribution in [1.29, 1.82) is 0 Å². The zero-order valence-corrected chi connectivity index (χ0v) is 9.21. The topological polar surface area (TPSA) is 45.8 Å². The molecule has 1 heterocycles. The van der Waals surface area contributed by atoms with Gasteiger partial charge >= 0.3 is 5.69 Å². The van der Waals surface area contributed by atoms with Gasteiger partial charge in [-0.2, -0.15) is 0 Å². The standard InChI is InChI=1S/C8H6N2O.C6H6/c11-8-9-5-6-3-1-2-4-7(6)10-8;1-2-4-6-5-3-1/h1-5H,(H,9,10,11);1-6H. The van der Waals surface area contributed by atoms with Crippen LogP contribution in [0.5, 0.6) is 0 Å². The summed E-state index contributed by atoms with van der Waals surface area (Å²) < 4.78 is 0. The molecule has 0 saturated carbocycles. The molecular formula is C14H12N2O. The summed E-state index contributed by atoms with van der Waals surface area (Å²) >= 11 is 0. The molecule has 84 valence electrons. The van der Waals surface area contributed by atoms with E-state index < -0.39 is 0 Å². The second-order valence-corrected chi connectivity index (χ2v) is 3.43. The Labute approximate surface area is 98.8 Å². The molecule has 2 aromatic carbocycles. The number of fused-ring (bicyclic) bond motifs is 1. The van der Waals surface area contributed by atoms with Crippen molar-refractivity contribution in [2.24, 2.45) is 0 Å². The average Bonchev–Trinajstić information content (AvgIpc) is 2.41. The minimum atomic E-state index is -0.302. The van der Waals surface area contributed by atoms with Crippen LogP contribution in [0.2, 0.25) is 0 Å². The van der Waals surface area contributed by atoms with Crippen molar-refractivity contribution in [2.75, 3.05) is 0 Å².